The molecule has 1 unspecified atom stereocenters. The quantitative estimate of drug-likeness (QED) is 0.784. The van der Waals surface area contributed by atoms with Gasteiger partial charge in [-0.15, -0.1) is 11.8 Å². The lowest BCUT2D eigenvalue weighted by molar-refractivity contribution is 0.0295. The second-order valence-electron chi connectivity index (χ2n) is 5.63. The molecule has 1 aliphatic rings. The van der Waals surface area contributed by atoms with Crippen molar-refractivity contribution in [2.75, 3.05) is 13.1 Å². The van der Waals surface area contributed by atoms with E-state index >= 15 is 0 Å². The summed E-state index contributed by atoms with van der Waals surface area (Å²) in [6.07, 6.45) is 2.12. The fourth-order valence-electron chi connectivity index (χ4n) is 1.87. The van der Waals surface area contributed by atoms with E-state index in [0.717, 1.165) is 11.4 Å². The zero-order valence-corrected chi connectivity index (χ0v) is 13.4. The Labute approximate surface area is 128 Å². The third-order valence-corrected chi connectivity index (χ3v) is 4.08. The molecule has 110 valence electrons. The highest BCUT2D eigenvalue weighted by Gasteiger charge is 2.30. The lowest BCUT2D eigenvalue weighted by atomic mass is 10.2. The first-order valence-corrected chi connectivity index (χ1v) is 7.71. The van der Waals surface area contributed by atoms with E-state index in [4.69, 9.17) is 16.3 Å². The highest BCUT2D eigenvalue weighted by molar-refractivity contribution is 7.99. The Morgan fingerprint density at radius 2 is 2.25 bits per heavy atom. The van der Waals surface area contributed by atoms with Crippen LogP contribution in [0.3, 0.4) is 0 Å². The fourth-order valence-corrected chi connectivity index (χ4v) is 3.19. The summed E-state index contributed by atoms with van der Waals surface area (Å²) in [5, 5.41) is 1.58. The van der Waals surface area contributed by atoms with Gasteiger partial charge in [0.2, 0.25) is 0 Å². The monoisotopic (exact) mass is 315 g/mol. The standard InChI is InChI=1S/C13H18ClN3O2S/c1-13(2,3)19-12(18)17-5-4-9(7-17)20-11-6-10(14)15-8-16-11/h6,8-9H,4-5,7H2,1-3H3. The van der Waals surface area contributed by atoms with Crippen LogP contribution in [0.4, 0.5) is 4.79 Å². The van der Waals surface area contributed by atoms with Gasteiger partial charge in [-0.05, 0) is 27.2 Å². The molecular formula is C13H18ClN3O2S. The summed E-state index contributed by atoms with van der Waals surface area (Å²) in [6, 6.07) is 1.74. The molecule has 1 aromatic heterocycles. The molecule has 2 rings (SSSR count). The summed E-state index contributed by atoms with van der Waals surface area (Å²) in [5.41, 5.74) is -0.456. The maximum Gasteiger partial charge on any atom is 0.410 e. The van der Waals surface area contributed by atoms with Crippen LogP contribution in [0.2, 0.25) is 5.15 Å². The van der Waals surface area contributed by atoms with Crippen molar-refractivity contribution >= 4 is 29.5 Å². The third kappa shape index (κ3) is 4.52. The van der Waals surface area contributed by atoms with Crippen LogP contribution < -0.4 is 0 Å². The van der Waals surface area contributed by atoms with E-state index < -0.39 is 5.60 Å². The van der Waals surface area contributed by atoms with Crippen LogP contribution in [0.5, 0.6) is 0 Å². The van der Waals surface area contributed by atoms with Gasteiger partial charge in [0, 0.05) is 24.4 Å². The molecule has 0 spiro atoms. The minimum absolute atomic E-state index is 0.249. The van der Waals surface area contributed by atoms with E-state index in [1.807, 2.05) is 20.8 Å². The number of carbonyl (C=O) groups excluding carboxylic acids is 1. The largest absolute Gasteiger partial charge is 0.444 e. The Morgan fingerprint density at radius 1 is 1.50 bits per heavy atom. The number of carbonyl (C=O) groups is 1. The van der Waals surface area contributed by atoms with Crippen molar-refractivity contribution in [2.24, 2.45) is 0 Å². The first kappa shape index (κ1) is 15.4. The Bertz CT molecular complexity index is 493. The summed E-state index contributed by atoms with van der Waals surface area (Å²) in [5.74, 6) is 0. The molecule has 5 nitrogen and oxygen atoms in total. The van der Waals surface area contributed by atoms with E-state index in [1.165, 1.54) is 6.33 Å². The zero-order valence-electron chi connectivity index (χ0n) is 11.8. The molecule has 1 saturated heterocycles. The van der Waals surface area contributed by atoms with Crippen LogP contribution in [-0.2, 0) is 4.74 Å². The third-order valence-electron chi connectivity index (χ3n) is 2.69. The smallest absolute Gasteiger partial charge is 0.410 e. The van der Waals surface area contributed by atoms with Gasteiger partial charge in [0.1, 0.15) is 22.1 Å². The Kier molecular flexibility index (Phi) is 4.75. The Hall–Kier alpha value is -1.01. The van der Waals surface area contributed by atoms with Gasteiger partial charge < -0.3 is 9.64 Å². The highest BCUT2D eigenvalue weighted by Crippen LogP contribution is 2.29. The predicted molar refractivity (Wildman–Crippen MR) is 79.1 cm³/mol. The van der Waals surface area contributed by atoms with Crippen molar-refractivity contribution in [3.8, 4) is 0 Å². The van der Waals surface area contributed by atoms with Crippen LogP contribution in [0, 0.1) is 0 Å². The fraction of sp³-hybridized carbons (Fsp3) is 0.615. The van der Waals surface area contributed by atoms with E-state index in [9.17, 15) is 4.79 Å². The summed E-state index contributed by atoms with van der Waals surface area (Å²) < 4.78 is 5.37. The molecular weight excluding hydrogens is 298 g/mol. The van der Waals surface area contributed by atoms with Crippen molar-refractivity contribution in [2.45, 2.75) is 43.1 Å². The van der Waals surface area contributed by atoms with Crippen molar-refractivity contribution in [3.63, 3.8) is 0 Å². The average molecular weight is 316 g/mol. The number of thioether (sulfide) groups is 1. The molecule has 0 N–H and O–H groups in total. The predicted octanol–water partition coefficient (Wildman–Crippen LogP) is 3.23. The summed E-state index contributed by atoms with van der Waals surface area (Å²) in [7, 11) is 0. The summed E-state index contributed by atoms with van der Waals surface area (Å²) in [6.45, 7) is 6.99. The molecule has 1 fully saturated rings. The summed E-state index contributed by atoms with van der Waals surface area (Å²) in [4.78, 5) is 21.7. The van der Waals surface area contributed by atoms with Gasteiger partial charge in [0.05, 0.1) is 0 Å². The number of hydrogen-bond acceptors (Lipinski definition) is 5. The Balaban J connectivity index is 1.88. The summed E-state index contributed by atoms with van der Waals surface area (Å²) >= 11 is 7.45. The molecule has 1 aromatic rings. The molecule has 1 aliphatic heterocycles. The number of ether oxygens (including phenoxy) is 1. The molecule has 1 atom stereocenters. The SMILES string of the molecule is CC(C)(C)OC(=O)N1CCC(Sc2cc(Cl)ncn2)C1. The zero-order chi connectivity index (χ0) is 14.8. The van der Waals surface area contributed by atoms with Crippen molar-refractivity contribution in [1.29, 1.82) is 0 Å². The minimum Gasteiger partial charge on any atom is -0.444 e. The first-order chi connectivity index (χ1) is 9.33. The van der Waals surface area contributed by atoms with Gasteiger partial charge in [0.15, 0.2) is 0 Å². The number of nitrogens with zero attached hydrogens (tertiary/aromatic N) is 3. The number of hydrogen-bond donors (Lipinski definition) is 0. The van der Waals surface area contributed by atoms with E-state index in [1.54, 1.807) is 22.7 Å². The van der Waals surface area contributed by atoms with Crippen molar-refractivity contribution in [3.05, 3.63) is 17.5 Å². The number of likely N-dealkylation sites (tertiary alicyclic amines) is 1. The van der Waals surface area contributed by atoms with Crippen molar-refractivity contribution < 1.29 is 9.53 Å². The number of aromatic nitrogens is 2. The topological polar surface area (TPSA) is 55.3 Å². The molecule has 2 heterocycles. The second-order valence-corrected chi connectivity index (χ2v) is 7.34. The maximum atomic E-state index is 12.0. The van der Waals surface area contributed by atoms with Gasteiger partial charge >= 0.3 is 6.09 Å². The number of rotatable bonds is 2. The van der Waals surface area contributed by atoms with Crippen LogP contribution in [0.25, 0.3) is 0 Å². The normalized spacial score (nSPS) is 19.2. The van der Waals surface area contributed by atoms with Gasteiger partial charge in [-0.3, -0.25) is 0 Å². The van der Waals surface area contributed by atoms with Crippen LogP contribution in [-0.4, -0.2) is 44.9 Å². The van der Waals surface area contributed by atoms with Crippen LogP contribution in [0.1, 0.15) is 27.2 Å². The second kappa shape index (κ2) is 6.18. The molecule has 0 bridgehead atoms. The molecule has 0 radical (unpaired) electrons. The van der Waals surface area contributed by atoms with Crippen molar-refractivity contribution in [1.82, 2.24) is 14.9 Å². The molecule has 1 amide bonds. The number of halogens is 1. The van der Waals surface area contributed by atoms with E-state index in [-0.39, 0.29) is 6.09 Å². The lowest BCUT2D eigenvalue weighted by Crippen LogP contribution is -2.35. The van der Waals surface area contributed by atoms with Crippen LogP contribution >= 0.6 is 23.4 Å². The van der Waals surface area contributed by atoms with Gasteiger partial charge in [-0.2, -0.15) is 0 Å². The first-order valence-electron chi connectivity index (χ1n) is 6.45. The highest BCUT2D eigenvalue weighted by atomic mass is 35.5. The molecule has 7 heteroatoms. The molecule has 0 aliphatic carbocycles. The molecule has 0 aromatic carbocycles. The van der Waals surface area contributed by atoms with Gasteiger partial charge in [-0.1, -0.05) is 11.6 Å². The average Bonchev–Trinajstić information content (AvgIpc) is 2.75. The van der Waals surface area contributed by atoms with Gasteiger partial charge in [0.25, 0.3) is 0 Å². The molecule has 20 heavy (non-hydrogen) atoms. The molecule has 0 saturated carbocycles. The lowest BCUT2D eigenvalue weighted by Gasteiger charge is -2.24. The van der Waals surface area contributed by atoms with E-state index in [0.29, 0.717) is 23.5 Å². The maximum absolute atomic E-state index is 12.0. The Morgan fingerprint density at radius 3 is 2.90 bits per heavy atom. The van der Waals surface area contributed by atoms with Crippen LogP contribution in [0.15, 0.2) is 17.4 Å². The van der Waals surface area contributed by atoms with E-state index in [2.05, 4.69) is 9.97 Å². The minimum atomic E-state index is -0.456. The van der Waals surface area contributed by atoms with Gasteiger partial charge in [-0.25, -0.2) is 14.8 Å². The number of amides is 1.